The Kier molecular flexibility index (Phi) is 7.45. The summed E-state index contributed by atoms with van der Waals surface area (Å²) in [6, 6.07) is 2.13. The van der Waals surface area contributed by atoms with Crippen molar-refractivity contribution >= 4 is 23.0 Å². The van der Waals surface area contributed by atoms with Crippen molar-refractivity contribution in [2.45, 2.75) is 64.0 Å². The number of nitrogens with two attached hydrogens (primary N) is 2. The summed E-state index contributed by atoms with van der Waals surface area (Å²) in [5.41, 5.74) is 18.8. The maximum Gasteiger partial charge on any atom is 0.265 e. The monoisotopic (exact) mass is 566 g/mol. The lowest BCUT2D eigenvalue weighted by molar-refractivity contribution is -0.142. The number of carbonyl (C=O) groups is 2. The van der Waals surface area contributed by atoms with Crippen LogP contribution in [-0.2, 0) is 11.2 Å². The normalized spacial score (nSPS) is 26.4. The van der Waals surface area contributed by atoms with E-state index in [4.69, 9.17) is 25.5 Å². The third kappa shape index (κ3) is 4.23. The largest absolute Gasteiger partial charge is 0.507 e. The second kappa shape index (κ2) is 10.7. The Bertz CT molecular complexity index is 1480. The number of azide groups is 1. The number of ether oxygens (including phenoxy) is 2. The van der Waals surface area contributed by atoms with Crippen molar-refractivity contribution in [1.82, 2.24) is 5.16 Å². The van der Waals surface area contributed by atoms with E-state index in [0.29, 0.717) is 30.0 Å². The zero-order valence-corrected chi connectivity index (χ0v) is 23.1. The van der Waals surface area contributed by atoms with Gasteiger partial charge in [-0.15, -0.1) is 0 Å². The molecule has 4 atom stereocenters. The van der Waals surface area contributed by atoms with Gasteiger partial charge in [-0.1, -0.05) is 31.8 Å². The van der Waals surface area contributed by atoms with Gasteiger partial charge < -0.3 is 35.7 Å². The molecule has 0 radical (unpaired) electrons. The molecular weight excluding hydrogens is 532 g/mol. The van der Waals surface area contributed by atoms with Crippen molar-refractivity contribution in [1.29, 1.82) is 0 Å². The fraction of sp³-hybridized carbons (Fsp3) is 0.536. The van der Waals surface area contributed by atoms with Crippen LogP contribution in [0.2, 0.25) is 0 Å². The summed E-state index contributed by atoms with van der Waals surface area (Å²) in [6.07, 6.45) is 3.13. The van der Waals surface area contributed by atoms with E-state index in [-0.39, 0.29) is 54.3 Å². The highest BCUT2D eigenvalue weighted by molar-refractivity contribution is 6.27. The molecule has 0 bridgehead atoms. The Morgan fingerprint density at radius 1 is 1.17 bits per heavy atom. The number of fused-ring (bicyclic) bond motifs is 4. The third-order valence-corrected chi connectivity index (χ3v) is 8.48. The number of ketones is 2. The minimum absolute atomic E-state index is 0.00175. The highest BCUT2D eigenvalue weighted by Crippen LogP contribution is 2.59. The van der Waals surface area contributed by atoms with Gasteiger partial charge in [-0.25, -0.2) is 0 Å². The molecule has 41 heavy (non-hydrogen) atoms. The number of hydrogen-bond acceptors (Lipinski definition) is 11. The number of unbranched alkanes of at least 4 members (excludes halogenated alkanes) is 2. The van der Waals surface area contributed by atoms with E-state index < -0.39 is 40.3 Å². The van der Waals surface area contributed by atoms with E-state index in [1.807, 2.05) is 13.8 Å². The van der Waals surface area contributed by atoms with Crippen LogP contribution >= 0.6 is 0 Å². The number of carbonyl (C=O) groups excluding carboxylic acids is 2. The van der Waals surface area contributed by atoms with Crippen LogP contribution in [0.25, 0.3) is 16.2 Å². The Morgan fingerprint density at radius 3 is 2.56 bits per heavy atom. The zero-order chi connectivity index (χ0) is 29.5. The second-order valence-corrected chi connectivity index (χ2v) is 11.0. The van der Waals surface area contributed by atoms with Crippen LogP contribution in [0.1, 0.15) is 79.2 Å². The second-order valence-electron chi connectivity index (χ2n) is 11.0. The lowest BCUT2D eigenvalue weighted by Gasteiger charge is -2.52. The summed E-state index contributed by atoms with van der Waals surface area (Å²) in [5.74, 6) is -3.48. The standard InChI is InChI=1S/C28H34N6O7/c1-3-5-9-39-17-8-7-16(29)14-11-27(13-32-34-31)12-15-21(30)23-19(26(33-41-23)40-10-6-4-2)24(36)28(15,38)25(37)20(27)22(35)18(14)17/h7-8,15,21,35,38H,3-6,9-13,29-30H2,1-2H3/t15-,21-,27-,28+/m0/s1. The molecule has 5 rings (SSSR count). The molecule has 1 aromatic carbocycles. The van der Waals surface area contributed by atoms with Gasteiger partial charge in [-0.05, 0) is 54.1 Å². The highest BCUT2D eigenvalue weighted by Gasteiger charge is 2.67. The number of aliphatic hydroxyl groups excluding tert-OH is 1. The average Bonchev–Trinajstić information content (AvgIpc) is 3.38. The maximum atomic E-state index is 14.4. The molecule has 2 aromatic rings. The van der Waals surface area contributed by atoms with Gasteiger partial charge >= 0.3 is 0 Å². The summed E-state index contributed by atoms with van der Waals surface area (Å²) in [7, 11) is 0. The van der Waals surface area contributed by atoms with Gasteiger partial charge in [0.05, 0.1) is 24.8 Å². The molecule has 0 aliphatic heterocycles. The van der Waals surface area contributed by atoms with E-state index >= 15 is 0 Å². The SMILES string of the molecule is CCCCOc1ccc(N)c2c1C(O)=C1C(=O)[C@]3(O)C(=O)c4c(OCCCC)noc4[C@@H](N)[C@@H]3C[C@]1(CN=[N+]=[N-])C2. The number of nitrogens with zero attached hydrogens (tertiary/aromatic N) is 4. The molecule has 3 aliphatic carbocycles. The third-order valence-electron chi connectivity index (χ3n) is 8.48. The first kappa shape index (κ1) is 28.5. The van der Waals surface area contributed by atoms with Crippen molar-refractivity contribution in [2.24, 2.45) is 22.2 Å². The number of anilines is 1. The van der Waals surface area contributed by atoms with Crippen LogP contribution in [0, 0.1) is 11.3 Å². The fourth-order valence-electron chi connectivity index (χ4n) is 6.33. The minimum atomic E-state index is -2.65. The molecule has 1 fully saturated rings. The first-order valence-electron chi connectivity index (χ1n) is 13.8. The molecule has 1 aromatic heterocycles. The molecule has 0 unspecified atom stereocenters. The van der Waals surface area contributed by atoms with E-state index in [1.54, 1.807) is 12.1 Å². The lowest BCUT2D eigenvalue weighted by atomic mass is 9.51. The predicted octanol–water partition coefficient (Wildman–Crippen LogP) is 3.95. The van der Waals surface area contributed by atoms with E-state index in [0.717, 1.165) is 19.3 Å². The van der Waals surface area contributed by atoms with Crippen molar-refractivity contribution in [3.05, 3.63) is 50.6 Å². The quantitative estimate of drug-likeness (QED) is 0.0809. The number of nitrogen functional groups attached to an aromatic ring is 1. The summed E-state index contributed by atoms with van der Waals surface area (Å²) < 4.78 is 17.0. The van der Waals surface area contributed by atoms with Gasteiger partial charge in [-0.3, -0.25) is 9.59 Å². The van der Waals surface area contributed by atoms with Crippen molar-refractivity contribution in [3.8, 4) is 11.6 Å². The first-order chi connectivity index (χ1) is 19.7. The van der Waals surface area contributed by atoms with Crippen molar-refractivity contribution < 1.29 is 33.8 Å². The molecule has 1 heterocycles. The van der Waals surface area contributed by atoms with Crippen LogP contribution in [0.5, 0.6) is 11.6 Å². The average molecular weight is 567 g/mol. The van der Waals surface area contributed by atoms with Gasteiger partial charge in [0, 0.05) is 34.0 Å². The molecule has 0 saturated heterocycles. The van der Waals surface area contributed by atoms with E-state index in [1.165, 1.54) is 0 Å². The highest BCUT2D eigenvalue weighted by atomic mass is 16.5. The van der Waals surface area contributed by atoms with Crippen LogP contribution in [0.3, 0.4) is 0 Å². The van der Waals surface area contributed by atoms with E-state index in [2.05, 4.69) is 15.2 Å². The minimum Gasteiger partial charge on any atom is -0.507 e. The number of aromatic nitrogens is 1. The van der Waals surface area contributed by atoms with E-state index in [9.17, 15) is 25.3 Å². The van der Waals surface area contributed by atoms with Crippen LogP contribution in [-0.4, -0.2) is 52.3 Å². The summed E-state index contributed by atoms with van der Waals surface area (Å²) in [6.45, 7) is 4.33. The van der Waals surface area contributed by atoms with Crippen molar-refractivity contribution in [2.75, 3.05) is 25.5 Å². The van der Waals surface area contributed by atoms with Gasteiger partial charge in [0.25, 0.3) is 5.88 Å². The number of Topliss-reactive ketones (excluding diaryl/α,β-unsaturated/α-hetero) is 2. The van der Waals surface area contributed by atoms with Gasteiger partial charge in [0.15, 0.2) is 11.4 Å². The zero-order valence-electron chi connectivity index (χ0n) is 23.1. The molecule has 6 N–H and O–H groups in total. The van der Waals surface area contributed by atoms with Crippen LogP contribution < -0.4 is 20.9 Å². The summed E-state index contributed by atoms with van der Waals surface area (Å²) in [5, 5.41) is 31.4. The Balaban J connectivity index is 1.69. The number of rotatable bonds is 10. The Morgan fingerprint density at radius 2 is 1.88 bits per heavy atom. The van der Waals surface area contributed by atoms with Gasteiger partial charge in [-0.2, -0.15) is 0 Å². The summed E-state index contributed by atoms with van der Waals surface area (Å²) >= 11 is 0. The number of aliphatic hydroxyl groups is 2. The first-order valence-corrected chi connectivity index (χ1v) is 13.8. The molecule has 0 spiro atoms. The van der Waals surface area contributed by atoms with Gasteiger partial charge in [0.2, 0.25) is 11.6 Å². The van der Waals surface area contributed by atoms with Crippen molar-refractivity contribution in [3.63, 3.8) is 0 Å². The molecular formula is C28H34N6O7. The molecule has 0 amide bonds. The molecule has 13 heteroatoms. The Labute approximate surface area is 236 Å². The molecule has 13 nitrogen and oxygen atoms in total. The topological polar surface area (TPSA) is 220 Å². The molecule has 1 saturated carbocycles. The fourth-order valence-corrected chi connectivity index (χ4v) is 6.33. The lowest BCUT2D eigenvalue weighted by Crippen LogP contribution is -2.65. The number of hydrogen-bond donors (Lipinski definition) is 4. The predicted molar refractivity (Wildman–Crippen MR) is 147 cm³/mol. The molecule has 3 aliphatic rings. The van der Waals surface area contributed by atoms with Crippen LogP contribution in [0.4, 0.5) is 5.69 Å². The Hall–Kier alpha value is -4.06. The maximum absolute atomic E-state index is 14.4. The van der Waals surface area contributed by atoms with Gasteiger partial charge in [0.1, 0.15) is 17.1 Å². The summed E-state index contributed by atoms with van der Waals surface area (Å²) in [4.78, 5) is 31.2. The van der Waals surface area contributed by atoms with Crippen LogP contribution in [0.15, 0.2) is 27.3 Å². The number of benzene rings is 1. The smallest absolute Gasteiger partial charge is 0.265 e. The molecule has 218 valence electrons.